The van der Waals surface area contributed by atoms with Crippen LogP contribution in [-0.2, 0) is 14.4 Å². The van der Waals surface area contributed by atoms with E-state index in [0.717, 1.165) is 12.8 Å². The normalized spacial score (nSPS) is 24.2. The fraction of sp³-hybridized carbons (Fsp3) is 0.786. The summed E-state index contributed by atoms with van der Waals surface area (Å²) in [5.41, 5.74) is 0. The van der Waals surface area contributed by atoms with Crippen LogP contribution in [0.3, 0.4) is 0 Å². The second-order valence-corrected chi connectivity index (χ2v) is 5.86. The van der Waals surface area contributed by atoms with Gasteiger partial charge in [-0.15, -0.1) is 0 Å². The Labute approximate surface area is 124 Å². The summed E-state index contributed by atoms with van der Waals surface area (Å²) in [4.78, 5) is 38.2. The van der Waals surface area contributed by atoms with Crippen LogP contribution in [0.5, 0.6) is 0 Å². The zero-order valence-electron chi connectivity index (χ0n) is 12.4. The molecular formula is C14H23N3O4. The van der Waals surface area contributed by atoms with Crippen LogP contribution in [0.1, 0.15) is 26.2 Å². The van der Waals surface area contributed by atoms with Gasteiger partial charge in [0.15, 0.2) is 0 Å². The van der Waals surface area contributed by atoms with E-state index >= 15 is 0 Å². The van der Waals surface area contributed by atoms with E-state index in [1.165, 1.54) is 0 Å². The molecule has 2 aliphatic heterocycles. The molecule has 2 heterocycles. The SMILES string of the molecule is CC1NCCN(CC(=O)N2CCC(CC(=O)O)CC2)C1=O. The topological polar surface area (TPSA) is 90.0 Å². The maximum absolute atomic E-state index is 12.2. The van der Waals surface area contributed by atoms with Crippen molar-refractivity contribution >= 4 is 17.8 Å². The number of piperazine rings is 1. The Bertz CT molecular complexity index is 418. The molecule has 2 saturated heterocycles. The van der Waals surface area contributed by atoms with Crippen LogP contribution >= 0.6 is 0 Å². The fourth-order valence-electron chi connectivity index (χ4n) is 2.94. The van der Waals surface area contributed by atoms with Crippen molar-refractivity contribution in [3.8, 4) is 0 Å². The zero-order chi connectivity index (χ0) is 15.4. The van der Waals surface area contributed by atoms with Crippen LogP contribution in [0.25, 0.3) is 0 Å². The molecule has 0 aromatic heterocycles. The number of carboxylic acids is 1. The molecule has 2 fully saturated rings. The van der Waals surface area contributed by atoms with Gasteiger partial charge in [0.2, 0.25) is 11.8 Å². The van der Waals surface area contributed by atoms with Crippen LogP contribution in [0.4, 0.5) is 0 Å². The Morgan fingerprint density at radius 2 is 1.95 bits per heavy atom. The van der Waals surface area contributed by atoms with Crippen LogP contribution in [0, 0.1) is 5.92 Å². The zero-order valence-corrected chi connectivity index (χ0v) is 12.4. The third kappa shape index (κ3) is 4.17. The summed E-state index contributed by atoms with van der Waals surface area (Å²) in [6.45, 7) is 4.38. The summed E-state index contributed by atoms with van der Waals surface area (Å²) in [6, 6.07) is -0.229. The number of carbonyl (C=O) groups is 3. The fourth-order valence-corrected chi connectivity index (χ4v) is 2.94. The Morgan fingerprint density at radius 3 is 2.57 bits per heavy atom. The van der Waals surface area contributed by atoms with Gasteiger partial charge in [-0.1, -0.05) is 0 Å². The molecule has 2 rings (SSSR count). The molecule has 2 aliphatic rings. The summed E-state index contributed by atoms with van der Waals surface area (Å²) in [7, 11) is 0. The second kappa shape index (κ2) is 6.89. The lowest BCUT2D eigenvalue weighted by Gasteiger charge is -2.35. The van der Waals surface area contributed by atoms with Gasteiger partial charge in [0.1, 0.15) is 0 Å². The Morgan fingerprint density at radius 1 is 1.29 bits per heavy atom. The first kappa shape index (κ1) is 15.8. The van der Waals surface area contributed by atoms with E-state index in [2.05, 4.69) is 5.32 Å². The molecule has 21 heavy (non-hydrogen) atoms. The summed E-state index contributed by atoms with van der Waals surface area (Å²) in [5, 5.41) is 11.8. The molecule has 1 unspecified atom stereocenters. The predicted molar refractivity (Wildman–Crippen MR) is 75.6 cm³/mol. The number of aliphatic carboxylic acids is 1. The highest BCUT2D eigenvalue weighted by molar-refractivity contribution is 5.87. The summed E-state index contributed by atoms with van der Waals surface area (Å²) in [5.74, 6) is -0.686. The predicted octanol–water partition coefficient (Wildman–Crippen LogP) is -0.480. The van der Waals surface area contributed by atoms with Crippen molar-refractivity contribution in [3.63, 3.8) is 0 Å². The van der Waals surface area contributed by atoms with Crippen LogP contribution in [0.15, 0.2) is 0 Å². The van der Waals surface area contributed by atoms with Crippen molar-refractivity contribution in [3.05, 3.63) is 0 Å². The molecule has 1 atom stereocenters. The molecule has 0 spiro atoms. The van der Waals surface area contributed by atoms with Gasteiger partial charge in [0.05, 0.1) is 12.6 Å². The van der Waals surface area contributed by atoms with E-state index in [1.807, 2.05) is 0 Å². The summed E-state index contributed by atoms with van der Waals surface area (Å²) < 4.78 is 0. The quantitative estimate of drug-likeness (QED) is 0.731. The van der Waals surface area contributed by atoms with Gasteiger partial charge >= 0.3 is 5.97 Å². The van der Waals surface area contributed by atoms with Gasteiger partial charge in [-0.25, -0.2) is 0 Å². The lowest BCUT2D eigenvalue weighted by molar-refractivity contribution is -0.144. The minimum absolute atomic E-state index is 0.0321. The molecule has 7 nitrogen and oxygen atoms in total. The van der Waals surface area contributed by atoms with Gasteiger partial charge in [0.25, 0.3) is 0 Å². The monoisotopic (exact) mass is 297 g/mol. The number of carbonyl (C=O) groups excluding carboxylic acids is 2. The molecule has 0 aromatic carbocycles. The van der Waals surface area contributed by atoms with Gasteiger partial charge in [0, 0.05) is 32.6 Å². The van der Waals surface area contributed by atoms with Crippen LogP contribution < -0.4 is 5.32 Å². The lowest BCUT2D eigenvalue weighted by atomic mass is 9.93. The molecule has 118 valence electrons. The minimum atomic E-state index is -0.778. The molecule has 0 radical (unpaired) electrons. The largest absolute Gasteiger partial charge is 0.481 e. The van der Waals surface area contributed by atoms with E-state index in [9.17, 15) is 14.4 Å². The van der Waals surface area contributed by atoms with Crippen LogP contribution in [0.2, 0.25) is 0 Å². The number of rotatable bonds is 4. The maximum Gasteiger partial charge on any atom is 0.303 e. The Kier molecular flexibility index (Phi) is 5.17. The standard InChI is InChI=1S/C14H23N3O4/c1-10-14(21)17(7-4-15-10)9-12(18)16-5-2-11(3-6-16)8-13(19)20/h10-11,15H,2-9H2,1H3,(H,19,20). The molecule has 2 N–H and O–H groups in total. The molecule has 0 aromatic rings. The number of hydrogen-bond acceptors (Lipinski definition) is 4. The average Bonchev–Trinajstić information content (AvgIpc) is 2.44. The van der Waals surface area contributed by atoms with E-state index in [4.69, 9.17) is 5.11 Å². The maximum atomic E-state index is 12.2. The molecule has 0 bridgehead atoms. The van der Waals surface area contributed by atoms with Crippen molar-refractivity contribution in [2.45, 2.75) is 32.2 Å². The second-order valence-electron chi connectivity index (χ2n) is 5.86. The Hall–Kier alpha value is -1.63. The van der Waals surface area contributed by atoms with Crippen molar-refractivity contribution < 1.29 is 19.5 Å². The highest BCUT2D eigenvalue weighted by Gasteiger charge is 2.29. The molecule has 0 aliphatic carbocycles. The smallest absolute Gasteiger partial charge is 0.303 e. The van der Waals surface area contributed by atoms with Gasteiger partial charge < -0.3 is 20.2 Å². The number of hydrogen-bond donors (Lipinski definition) is 2. The number of likely N-dealkylation sites (tertiary alicyclic amines) is 1. The summed E-state index contributed by atoms with van der Waals surface area (Å²) in [6.07, 6.45) is 1.63. The highest BCUT2D eigenvalue weighted by atomic mass is 16.4. The first-order chi connectivity index (χ1) is 9.97. The first-order valence-electron chi connectivity index (χ1n) is 7.49. The van der Waals surface area contributed by atoms with Crippen molar-refractivity contribution in [1.29, 1.82) is 0 Å². The molecule has 7 heteroatoms. The third-order valence-corrected chi connectivity index (χ3v) is 4.27. The number of piperidine rings is 1. The molecule has 0 saturated carbocycles. The van der Waals surface area contributed by atoms with E-state index in [1.54, 1.807) is 16.7 Å². The van der Waals surface area contributed by atoms with E-state index in [0.29, 0.717) is 26.2 Å². The first-order valence-corrected chi connectivity index (χ1v) is 7.49. The average molecular weight is 297 g/mol. The number of amides is 2. The molecule has 2 amide bonds. The third-order valence-electron chi connectivity index (χ3n) is 4.27. The number of carboxylic acid groups (broad SMARTS) is 1. The molecular weight excluding hydrogens is 274 g/mol. The van der Waals surface area contributed by atoms with Gasteiger partial charge in [-0.05, 0) is 25.7 Å². The lowest BCUT2D eigenvalue weighted by Crippen LogP contribution is -2.56. The number of nitrogens with one attached hydrogen (secondary N) is 1. The van der Waals surface area contributed by atoms with Gasteiger partial charge in [-0.2, -0.15) is 0 Å². The summed E-state index contributed by atoms with van der Waals surface area (Å²) >= 11 is 0. The van der Waals surface area contributed by atoms with Crippen molar-refractivity contribution in [1.82, 2.24) is 15.1 Å². The van der Waals surface area contributed by atoms with E-state index < -0.39 is 5.97 Å². The van der Waals surface area contributed by atoms with Crippen molar-refractivity contribution in [2.24, 2.45) is 5.92 Å². The van der Waals surface area contributed by atoms with Crippen LogP contribution in [-0.4, -0.2) is 71.5 Å². The Balaban J connectivity index is 1.79. The van der Waals surface area contributed by atoms with Crippen molar-refractivity contribution in [2.75, 3.05) is 32.7 Å². The van der Waals surface area contributed by atoms with E-state index in [-0.39, 0.29) is 36.7 Å². The number of nitrogens with zero attached hydrogens (tertiary/aromatic N) is 2. The minimum Gasteiger partial charge on any atom is -0.481 e. The highest BCUT2D eigenvalue weighted by Crippen LogP contribution is 2.20. The van der Waals surface area contributed by atoms with Gasteiger partial charge in [-0.3, -0.25) is 14.4 Å².